The summed E-state index contributed by atoms with van der Waals surface area (Å²) in [5, 5.41) is 2.86. The van der Waals surface area contributed by atoms with Gasteiger partial charge in [0.15, 0.2) is 11.5 Å². The van der Waals surface area contributed by atoms with Crippen molar-refractivity contribution in [2.24, 2.45) is 5.92 Å². The van der Waals surface area contributed by atoms with E-state index < -0.39 is 15.8 Å². The number of rotatable bonds is 7. The fourth-order valence-corrected chi connectivity index (χ4v) is 5.00. The first-order valence-electron chi connectivity index (χ1n) is 9.57. The van der Waals surface area contributed by atoms with Crippen LogP contribution >= 0.6 is 0 Å². The Labute approximate surface area is 175 Å². The van der Waals surface area contributed by atoms with Gasteiger partial charge in [0.05, 0.1) is 20.0 Å². The Hall–Kier alpha value is -2.65. The fraction of sp³-hybridized carbons (Fsp3) is 0.381. The van der Waals surface area contributed by atoms with Gasteiger partial charge in [0.25, 0.3) is 0 Å². The molecule has 1 aliphatic rings. The highest BCUT2D eigenvalue weighted by Gasteiger charge is 2.31. The van der Waals surface area contributed by atoms with E-state index in [4.69, 9.17) is 9.47 Å². The van der Waals surface area contributed by atoms with Gasteiger partial charge in [-0.05, 0) is 42.7 Å². The number of methoxy groups -OCH3 is 2. The normalized spacial score (nSPS) is 15.6. The first-order valence-corrected chi connectivity index (χ1v) is 11.2. The number of anilines is 1. The summed E-state index contributed by atoms with van der Waals surface area (Å²) < 4.78 is 50.1. The van der Waals surface area contributed by atoms with Crippen LogP contribution in [0.3, 0.4) is 0 Å². The van der Waals surface area contributed by atoms with Gasteiger partial charge in [-0.15, -0.1) is 0 Å². The van der Waals surface area contributed by atoms with Gasteiger partial charge >= 0.3 is 0 Å². The number of amides is 1. The van der Waals surface area contributed by atoms with Gasteiger partial charge in [-0.2, -0.15) is 0 Å². The van der Waals surface area contributed by atoms with E-state index in [1.165, 1.54) is 42.8 Å². The fourth-order valence-electron chi connectivity index (χ4n) is 3.44. The maximum absolute atomic E-state index is 13.0. The van der Waals surface area contributed by atoms with Crippen LogP contribution in [0.25, 0.3) is 0 Å². The molecule has 1 heterocycles. The van der Waals surface area contributed by atoms with Gasteiger partial charge in [0.2, 0.25) is 15.9 Å². The first kappa shape index (κ1) is 22.0. The SMILES string of the molecule is COc1ccc(NC(=O)C2CCN(S(=O)(=O)Cc3ccc(F)cc3)CC2)cc1OC. The lowest BCUT2D eigenvalue weighted by Gasteiger charge is -2.30. The lowest BCUT2D eigenvalue weighted by atomic mass is 9.97. The summed E-state index contributed by atoms with van der Waals surface area (Å²) >= 11 is 0. The first-order chi connectivity index (χ1) is 14.3. The van der Waals surface area contributed by atoms with E-state index in [9.17, 15) is 17.6 Å². The molecule has 1 aliphatic heterocycles. The molecule has 0 unspecified atom stereocenters. The lowest BCUT2D eigenvalue weighted by Crippen LogP contribution is -2.41. The standard InChI is InChI=1S/C21H25FN2O5S/c1-28-19-8-7-18(13-20(19)29-2)23-21(25)16-9-11-24(12-10-16)30(26,27)14-15-3-5-17(22)6-4-15/h3-8,13,16H,9-12,14H2,1-2H3,(H,23,25). The highest BCUT2D eigenvalue weighted by molar-refractivity contribution is 7.88. The van der Waals surface area contributed by atoms with Crippen LogP contribution in [0, 0.1) is 11.7 Å². The Kier molecular flexibility index (Phi) is 6.94. The predicted molar refractivity (Wildman–Crippen MR) is 111 cm³/mol. The molecule has 0 bridgehead atoms. The molecule has 0 atom stereocenters. The summed E-state index contributed by atoms with van der Waals surface area (Å²) in [6.45, 7) is 0.543. The molecule has 9 heteroatoms. The maximum atomic E-state index is 13.0. The molecule has 1 amide bonds. The van der Waals surface area contributed by atoms with E-state index in [0.29, 0.717) is 35.6 Å². The molecule has 2 aromatic carbocycles. The van der Waals surface area contributed by atoms with Crippen molar-refractivity contribution < 1.29 is 27.1 Å². The number of carbonyl (C=O) groups excluding carboxylic acids is 1. The molecule has 7 nitrogen and oxygen atoms in total. The molecule has 2 aromatic rings. The smallest absolute Gasteiger partial charge is 0.227 e. The summed E-state index contributed by atoms with van der Waals surface area (Å²) in [6.07, 6.45) is 0.865. The largest absolute Gasteiger partial charge is 0.493 e. The van der Waals surface area contributed by atoms with Crippen molar-refractivity contribution >= 4 is 21.6 Å². The van der Waals surface area contributed by atoms with Crippen molar-refractivity contribution in [2.75, 3.05) is 32.6 Å². The molecule has 1 fully saturated rings. The Bertz CT molecular complexity index is 987. The second kappa shape index (κ2) is 9.44. The van der Waals surface area contributed by atoms with Crippen LogP contribution in [0.5, 0.6) is 11.5 Å². The van der Waals surface area contributed by atoms with E-state index >= 15 is 0 Å². The van der Waals surface area contributed by atoms with E-state index in [1.807, 2.05) is 0 Å². The molecule has 1 N–H and O–H groups in total. The molecule has 1 saturated heterocycles. The third-order valence-electron chi connectivity index (χ3n) is 5.13. The zero-order chi connectivity index (χ0) is 21.7. The van der Waals surface area contributed by atoms with Crippen LogP contribution < -0.4 is 14.8 Å². The van der Waals surface area contributed by atoms with E-state index in [2.05, 4.69) is 5.32 Å². The third-order valence-corrected chi connectivity index (χ3v) is 6.98. The summed E-state index contributed by atoms with van der Waals surface area (Å²) in [5.41, 5.74) is 1.12. The number of nitrogens with one attached hydrogen (secondary N) is 1. The molecule has 0 spiro atoms. The van der Waals surface area contributed by atoms with E-state index in [0.717, 1.165) is 0 Å². The van der Waals surface area contributed by atoms with Crippen molar-refractivity contribution in [2.45, 2.75) is 18.6 Å². The number of piperidine rings is 1. The number of hydrogen-bond acceptors (Lipinski definition) is 5. The number of sulfonamides is 1. The third kappa shape index (κ3) is 5.28. The van der Waals surface area contributed by atoms with Gasteiger partial charge < -0.3 is 14.8 Å². The number of nitrogens with zero attached hydrogens (tertiary/aromatic N) is 1. The minimum atomic E-state index is -3.53. The summed E-state index contributed by atoms with van der Waals surface area (Å²) in [7, 11) is -0.470. The van der Waals surface area contributed by atoms with Gasteiger partial charge in [0, 0.05) is 30.8 Å². The summed E-state index contributed by atoms with van der Waals surface area (Å²) in [6, 6.07) is 10.5. The van der Waals surface area contributed by atoms with Crippen molar-refractivity contribution in [1.82, 2.24) is 4.31 Å². The van der Waals surface area contributed by atoms with Gasteiger partial charge in [-0.1, -0.05) is 12.1 Å². The van der Waals surface area contributed by atoms with Crippen LogP contribution in [0.2, 0.25) is 0 Å². The van der Waals surface area contributed by atoms with Gasteiger partial charge in [-0.3, -0.25) is 4.79 Å². The highest BCUT2D eigenvalue weighted by atomic mass is 32.2. The van der Waals surface area contributed by atoms with Crippen LogP contribution in [0.1, 0.15) is 18.4 Å². The monoisotopic (exact) mass is 436 g/mol. The maximum Gasteiger partial charge on any atom is 0.227 e. The molecular formula is C21H25FN2O5S. The number of benzene rings is 2. The molecule has 0 aliphatic carbocycles. The van der Waals surface area contributed by atoms with Gasteiger partial charge in [-0.25, -0.2) is 17.1 Å². The van der Waals surface area contributed by atoms with Crippen molar-refractivity contribution in [1.29, 1.82) is 0 Å². The topological polar surface area (TPSA) is 84.9 Å². The van der Waals surface area contributed by atoms with E-state index in [-0.39, 0.29) is 30.7 Å². The molecule has 30 heavy (non-hydrogen) atoms. The van der Waals surface area contributed by atoms with Crippen LogP contribution in [0.15, 0.2) is 42.5 Å². The summed E-state index contributed by atoms with van der Waals surface area (Å²) in [5.74, 6) is 0.0493. The zero-order valence-corrected chi connectivity index (χ0v) is 17.7. The predicted octanol–water partition coefficient (Wildman–Crippen LogP) is 3.02. The quantitative estimate of drug-likeness (QED) is 0.721. The molecular weight excluding hydrogens is 411 g/mol. The zero-order valence-electron chi connectivity index (χ0n) is 16.9. The van der Waals surface area contributed by atoms with E-state index in [1.54, 1.807) is 18.2 Å². The average Bonchev–Trinajstić information content (AvgIpc) is 2.75. The number of carbonyl (C=O) groups is 1. The average molecular weight is 437 g/mol. The Morgan fingerprint density at radius 2 is 1.70 bits per heavy atom. The molecule has 0 saturated carbocycles. The highest BCUT2D eigenvalue weighted by Crippen LogP contribution is 2.30. The van der Waals surface area contributed by atoms with Crippen LogP contribution in [-0.4, -0.2) is 45.9 Å². The van der Waals surface area contributed by atoms with Crippen LogP contribution in [0.4, 0.5) is 10.1 Å². The Morgan fingerprint density at radius 3 is 2.30 bits per heavy atom. The van der Waals surface area contributed by atoms with Crippen molar-refractivity contribution in [3.63, 3.8) is 0 Å². The molecule has 3 rings (SSSR count). The molecule has 0 aromatic heterocycles. The minimum Gasteiger partial charge on any atom is -0.493 e. The lowest BCUT2D eigenvalue weighted by molar-refractivity contribution is -0.120. The Morgan fingerprint density at radius 1 is 1.07 bits per heavy atom. The second-order valence-electron chi connectivity index (χ2n) is 7.12. The van der Waals surface area contributed by atoms with Crippen molar-refractivity contribution in [3.8, 4) is 11.5 Å². The minimum absolute atomic E-state index is 0.155. The Balaban J connectivity index is 1.56. The molecule has 162 valence electrons. The summed E-state index contributed by atoms with van der Waals surface area (Å²) in [4.78, 5) is 12.6. The number of hydrogen-bond donors (Lipinski definition) is 1. The molecule has 0 radical (unpaired) electrons. The second-order valence-corrected chi connectivity index (χ2v) is 9.08. The number of halogens is 1. The number of ether oxygens (including phenoxy) is 2. The van der Waals surface area contributed by atoms with Crippen molar-refractivity contribution in [3.05, 3.63) is 53.8 Å². The van der Waals surface area contributed by atoms with Gasteiger partial charge in [0.1, 0.15) is 5.82 Å². The van der Waals surface area contributed by atoms with Crippen LogP contribution in [-0.2, 0) is 20.6 Å².